The molecule has 9 nitrogen and oxygen atoms in total. The molecular weight excluding hydrogens is 462 g/mol. The number of carbonyl (C=O) groups is 3. The lowest BCUT2D eigenvalue weighted by Crippen LogP contribution is -2.43. The van der Waals surface area contributed by atoms with Gasteiger partial charge in [-0.25, -0.2) is 4.79 Å². The number of benzene rings is 2. The fourth-order valence-electron chi connectivity index (χ4n) is 3.21. The highest BCUT2D eigenvalue weighted by Crippen LogP contribution is 2.36. The van der Waals surface area contributed by atoms with Gasteiger partial charge in [-0.3, -0.25) is 9.59 Å². The summed E-state index contributed by atoms with van der Waals surface area (Å²) in [6.07, 6.45) is 3.75. The molecule has 0 saturated heterocycles. The third kappa shape index (κ3) is 6.02. The second-order valence-corrected chi connectivity index (χ2v) is 8.22. The third-order valence-electron chi connectivity index (χ3n) is 4.98. The van der Waals surface area contributed by atoms with E-state index < -0.39 is 17.9 Å². The van der Waals surface area contributed by atoms with Crippen LogP contribution in [0, 0.1) is 0 Å². The van der Waals surface area contributed by atoms with Gasteiger partial charge in [-0.1, -0.05) is 0 Å². The summed E-state index contributed by atoms with van der Waals surface area (Å²) in [6, 6.07) is 8.82. The van der Waals surface area contributed by atoms with E-state index in [1.807, 2.05) is 6.26 Å². The van der Waals surface area contributed by atoms with Crippen molar-refractivity contribution in [3.05, 3.63) is 53.3 Å². The van der Waals surface area contributed by atoms with Gasteiger partial charge in [-0.2, -0.15) is 11.8 Å². The minimum atomic E-state index is -1.10. The zero-order valence-corrected chi connectivity index (χ0v) is 19.8. The summed E-state index contributed by atoms with van der Waals surface area (Å²) in [6.45, 7) is -0.373. The summed E-state index contributed by atoms with van der Waals surface area (Å²) in [5.74, 6) is 0.509. The molecule has 3 rings (SSSR count). The molecular formula is C24H25NO8S. The number of aliphatic carboxylic acids is 1. The Morgan fingerprint density at radius 3 is 2.59 bits per heavy atom. The number of amides is 1. The number of ether oxygens (including phenoxy) is 4. The summed E-state index contributed by atoms with van der Waals surface area (Å²) < 4.78 is 21.8. The first-order valence-corrected chi connectivity index (χ1v) is 11.7. The number of allylic oxidation sites excluding steroid dienone is 1. The zero-order chi connectivity index (χ0) is 24.7. The van der Waals surface area contributed by atoms with Crippen molar-refractivity contribution in [3.63, 3.8) is 0 Å². The molecule has 0 radical (unpaired) electrons. The Hall–Kier alpha value is -3.66. The predicted octanol–water partition coefficient (Wildman–Crippen LogP) is 3.02. The Bertz CT molecular complexity index is 1110. The number of hydrogen-bond acceptors (Lipinski definition) is 8. The smallest absolute Gasteiger partial charge is 0.326 e. The van der Waals surface area contributed by atoms with Crippen LogP contribution in [0.25, 0.3) is 6.08 Å². The number of hydrogen-bond donors (Lipinski definition) is 2. The molecule has 0 aliphatic carbocycles. The Balaban J connectivity index is 1.67. The van der Waals surface area contributed by atoms with Gasteiger partial charge in [-0.05, 0) is 48.8 Å². The molecule has 0 unspecified atom stereocenters. The van der Waals surface area contributed by atoms with E-state index in [1.165, 1.54) is 24.9 Å². The van der Waals surface area contributed by atoms with Gasteiger partial charge in [0.15, 0.2) is 12.4 Å². The van der Waals surface area contributed by atoms with E-state index in [4.69, 9.17) is 18.9 Å². The van der Waals surface area contributed by atoms with Gasteiger partial charge < -0.3 is 29.4 Å². The van der Waals surface area contributed by atoms with E-state index in [0.717, 1.165) is 0 Å². The maximum Gasteiger partial charge on any atom is 0.326 e. The van der Waals surface area contributed by atoms with Crippen molar-refractivity contribution in [1.29, 1.82) is 0 Å². The molecule has 0 saturated carbocycles. The highest BCUT2D eigenvalue weighted by Gasteiger charge is 2.28. The number of thioether (sulfide) groups is 1. The maximum atomic E-state index is 12.8. The molecule has 0 fully saturated rings. The van der Waals surface area contributed by atoms with Gasteiger partial charge in [0.2, 0.25) is 5.78 Å². The number of carboxylic acid groups (broad SMARTS) is 1. The topological polar surface area (TPSA) is 120 Å². The number of fused-ring (bicyclic) bond motifs is 1. The number of rotatable bonds is 11. The van der Waals surface area contributed by atoms with Crippen molar-refractivity contribution >= 4 is 35.5 Å². The van der Waals surface area contributed by atoms with Crippen LogP contribution < -0.4 is 24.3 Å². The molecule has 34 heavy (non-hydrogen) atoms. The van der Waals surface area contributed by atoms with Gasteiger partial charge in [0.25, 0.3) is 5.91 Å². The summed E-state index contributed by atoms with van der Waals surface area (Å²) >= 11 is 1.50. The quantitative estimate of drug-likeness (QED) is 0.461. The van der Waals surface area contributed by atoms with Crippen LogP contribution in [0.15, 0.2) is 42.2 Å². The number of ketones is 1. The number of methoxy groups -OCH3 is 2. The minimum Gasteiger partial charge on any atom is -0.497 e. The molecule has 0 bridgehead atoms. The Kier molecular flexibility index (Phi) is 8.42. The Morgan fingerprint density at radius 1 is 1.15 bits per heavy atom. The van der Waals surface area contributed by atoms with Crippen molar-refractivity contribution < 1.29 is 38.4 Å². The van der Waals surface area contributed by atoms with Crippen LogP contribution in [0.2, 0.25) is 0 Å². The second kappa shape index (κ2) is 11.5. The lowest BCUT2D eigenvalue weighted by molar-refractivity contribution is -0.142. The lowest BCUT2D eigenvalue weighted by atomic mass is 10.1. The summed E-state index contributed by atoms with van der Waals surface area (Å²) in [4.78, 5) is 36.1. The SMILES string of the molecule is COc1ccc(C=C2Oc3cc(OCC(=O)N[C@H](CCSC)C(=O)O)ccc3C2=O)c(OC)c1. The van der Waals surface area contributed by atoms with Crippen molar-refractivity contribution in [3.8, 4) is 23.0 Å². The monoisotopic (exact) mass is 487 g/mol. The van der Waals surface area contributed by atoms with Gasteiger partial charge in [0, 0.05) is 17.7 Å². The van der Waals surface area contributed by atoms with Crippen LogP contribution in [0.4, 0.5) is 0 Å². The number of carbonyl (C=O) groups excluding carboxylic acids is 2. The average Bonchev–Trinajstić information content (AvgIpc) is 3.14. The van der Waals surface area contributed by atoms with Gasteiger partial charge in [0.1, 0.15) is 29.0 Å². The highest BCUT2D eigenvalue weighted by atomic mass is 32.2. The van der Waals surface area contributed by atoms with E-state index in [-0.39, 0.29) is 18.1 Å². The molecule has 1 amide bonds. The maximum absolute atomic E-state index is 12.8. The number of carboxylic acids is 1. The van der Waals surface area contributed by atoms with Gasteiger partial charge >= 0.3 is 5.97 Å². The average molecular weight is 488 g/mol. The van der Waals surface area contributed by atoms with Crippen LogP contribution in [-0.4, -0.2) is 61.6 Å². The largest absolute Gasteiger partial charge is 0.497 e. The molecule has 1 aliphatic rings. The van der Waals surface area contributed by atoms with Crippen LogP contribution in [0.3, 0.4) is 0 Å². The summed E-state index contributed by atoms with van der Waals surface area (Å²) in [5.41, 5.74) is 1.00. The molecule has 2 N–H and O–H groups in total. The standard InChI is InChI=1S/C24H25NO8S/c1-30-15-5-4-14(19(11-15)31-2)10-21-23(27)17-7-6-16(12-20(17)33-21)32-13-22(26)25-18(24(28)29)8-9-34-3/h4-7,10-12,18H,8-9,13H2,1-3H3,(H,25,26)(H,28,29)/t18-/m1/s1. The predicted molar refractivity (Wildman–Crippen MR) is 127 cm³/mol. The van der Waals surface area contributed by atoms with Gasteiger partial charge in [0.05, 0.1) is 19.8 Å². The van der Waals surface area contributed by atoms with Crippen LogP contribution in [-0.2, 0) is 9.59 Å². The molecule has 10 heteroatoms. The molecule has 0 spiro atoms. The molecule has 1 heterocycles. The van der Waals surface area contributed by atoms with E-state index in [0.29, 0.717) is 46.3 Å². The third-order valence-corrected chi connectivity index (χ3v) is 5.63. The normalized spacial score (nSPS) is 14.2. The molecule has 180 valence electrons. The van der Waals surface area contributed by atoms with E-state index in [2.05, 4.69) is 5.32 Å². The van der Waals surface area contributed by atoms with E-state index in [1.54, 1.807) is 43.5 Å². The van der Waals surface area contributed by atoms with Gasteiger partial charge in [-0.15, -0.1) is 0 Å². The molecule has 1 aliphatic heterocycles. The highest BCUT2D eigenvalue weighted by molar-refractivity contribution is 7.98. The van der Waals surface area contributed by atoms with Crippen molar-refractivity contribution in [2.75, 3.05) is 32.8 Å². The number of nitrogens with one attached hydrogen (secondary N) is 1. The van der Waals surface area contributed by atoms with Crippen LogP contribution >= 0.6 is 11.8 Å². The van der Waals surface area contributed by atoms with E-state index in [9.17, 15) is 19.5 Å². The molecule has 2 aromatic rings. The minimum absolute atomic E-state index is 0.117. The first-order chi connectivity index (χ1) is 16.4. The summed E-state index contributed by atoms with van der Waals surface area (Å²) in [5, 5.41) is 11.7. The van der Waals surface area contributed by atoms with Crippen LogP contribution in [0.1, 0.15) is 22.3 Å². The van der Waals surface area contributed by atoms with Crippen molar-refractivity contribution in [2.45, 2.75) is 12.5 Å². The van der Waals surface area contributed by atoms with E-state index >= 15 is 0 Å². The first kappa shape index (κ1) is 25.0. The summed E-state index contributed by atoms with van der Waals surface area (Å²) in [7, 11) is 3.07. The second-order valence-electron chi connectivity index (χ2n) is 7.23. The Labute approximate surface area is 201 Å². The fourth-order valence-corrected chi connectivity index (χ4v) is 3.69. The molecule has 0 aromatic heterocycles. The fraction of sp³-hybridized carbons (Fsp3) is 0.292. The van der Waals surface area contributed by atoms with Crippen molar-refractivity contribution in [2.24, 2.45) is 0 Å². The number of Topliss-reactive ketones (excluding diaryl/α,β-unsaturated/α-hetero) is 1. The Morgan fingerprint density at radius 2 is 1.91 bits per heavy atom. The lowest BCUT2D eigenvalue weighted by Gasteiger charge is -2.14. The first-order valence-electron chi connectivity index (χ1n) is 10.3. The molecule has 2 aromatic carbocycles. The van der Waals surface area contributed by atoms with Crippen LogP contribution in [0.5, 0.6) is 23.0 Å². The molecule has 1 atom stereocenters. The zero-order valence-electron chi connectivity index (χ0n) is 19.0. The van der Waals surface area contributed by atoms with Crippen molar-refractivity contribution in [1.82, 2.24) is 5.32 Å².